The van der Waals surface area contributed by atoms with Gasteiger partial charge in [0, 0.05) is 19.6 Å². The van der Waals surface area contributed by atoms with Gasteiger partial charge in [-0.1, -0.05) is 19.8 Å². The molecule has 0 bridgehead atoms. The first-order valence-corrected chi connectivity index (χ1v) is 6.10. The Kier molecular flexibility index (Phi) is 5.09. The van der Waals surface area contributed by atoms with E-state index < -0.39 is 0 Å². The Morgan fingerprint density at radius 1 is 1.47 bits per heavy atom. The number of hydrogen-bond acceptors (Lipinski definition) is 2. The monoisotopic (exact) mass is 212 g/mol. The summed E-state index contributed by atoms with van der Waals surface area (Å²) in [6.45, 7) is 5.59. The molecule has 0 saturated heterocycles. The Balaban J connectivity index is 2.21. The van der Waals surface area contributed by atoms with Crippen LogP contribution in [-0.2, 0) is 4.79 Å². The summed E-state index contributed by atoms with van der Waals surface area (Å²) in [5, 5.41) is 3.38. The lowest BCUT2D eigenvalue weighted by Crippen LogP contribution is -2.41. The van der Waals surface area contributed by atoms with Crippen molar-refractivity contribution < 1.29 is 4.79 Å². The lowest BCUT2D eigenvalue weighted by Gasteiger charge is -2.28. The fourth-order valence-corrected chi connectivity index (χ4v) is 2.16. The molecule has 1 N–H and O–H groups in total. The van der Waals surface area contributed by atoms with Gasteiger partial charge in [0.15, 0.2) is 0 Å². The maximum atomic E-state index is 11.6. The summed E-state index contributed by atoms with van der Waals surface area (Å²) < 4.78 is 0. The molecule has 0 aromatic rings. The largest absolute Gasteiger partial charge is 0.345 e. The van der Waals surface area contributed by atoms with Crippen molar-refractivity contribution in [1.29, 1.82) is 0 Å². The molecule has 0 aromatic carbocycles. The van der Waals surface area contributed by atoms with Crippen molar-refractivity contribution in [1.82, 2.24) is 10.2 Å². The molecule has 15 heavy (non-hydrogen) atoms. The summed E-state index contributed by atoms with van der Waals surface area (Å²) in [5.74, 6) is 1.02. The van der Waals surface area contributed by atoms with E-state index in [9.17, 15) is 4.79 Å². The normalized spacial score (nSPS) is 26.3. The molecule has 88 valence electrons. The van der Waals surface area contributed by atoms with Crippen LogP contribution in [0, 0.1) is 5.92 Å². The predicted molar refractivity (Wildman–Crippen MR) is 62.7 cm³/mol. The van der Waals surface area contributed by atoms with Crippen molar-refractivity contribution in [2.24, 2.45) is 5.92 Å². The van der Waals surface area contributed by atoms with Gasteiger partial charge in [0.2, 0.25) is 5.91 Å². The molecular weight excluding hydrogens is 188 g/mol. The highest BCUT2D eigenvalue weighted by molar-refractivity contribution is 5.77. The number of carbonyl (C=O) groups excluding carboxylic acids is 1. The molecule has 1 rings (SSSR count). The van der Waals surface area contributed by atoms with Gasteiger partial charge in [0.1, 0.15) is 0 Å². The molecule has 1 aliphatic carbocycles. The third-order valence-electron chi connectivity index (χ3n) is 3.38. The zero-order valence-electron chi connectivity index (χ0n) is 10.3. The first-order chi connectivity index (χ1) is 7.13. The van der Waals surface area contributed by atoms with Gasteiger partial charge in [-0.15, -0.1) is 0 Å². The highest BCUT2D eigenvalue weighted by Crippen LogP contribution is 2.23. The summed E-state index contributed by atoms with van der Waals surface area (Å²) in [5.41, 5.74) is 0. The predicted octanol–water partition coefficient (Wildman–Crippen LogP) is 1.63. The maximum Gasteiger partial charge on any atom is 0.236 e. The van der Waals surface area contributed by atoms with E-state index in [4.69, 9.17) is 0 Å². The summed E-state index contributed by atoms with van der Waals surface area (Å²) >= 11 is 0. The molecule has 1 fully saturated rings. The van der Waals surface area contributed by atoms with Crippen molar-refractivity contribution in [3.05, 3.63) is 0 Å². The van der Waals surface area contributed by atoms with Crippen molar-refractivity contribution in [2.45, 2.75) is 45.6 Å². The van der Waals surface area contributed by atoms with Gasteiger partial charge in [-0.2, -0.15) is 0 Å². The van der Waals surface area contributed by atoms with E-state index >= 15 is 0 Å². The van der Waals surface area contributed by atoms with Crippen LogP contribution < -0.4 is 5.32 Å². The smallest absolute Gasteiger partial charge is 0.236 e. The van der Waals surface area contributed by atoms with E-state index in [-0.39, 0.29) is 5.91 Å². The quantitative estimate of drug-likeness (QED) is 0.768. The average molecular weight is 212 g/mol. The van der Waals surface area contributed by atoms with Crippen LogP contribution in [0.1, 0.15) is 39.5 Å². The van der Waals surface area contributed by atoms with Gasteiger partial charge < -0.3 is 10.2 Å². The minimum atomic E-state index is 0.204. The standard InChI is InChI=1S/C12H24N2O/c1-4-14(3)12(15)9-13-11-7-5-6-10(2)8-11/h10-11,13H,4-9H2,1-3H3. The second-order valence-electron chi connectivity index (χ2n) is 4.76. The van der Waals surface area contributed by atoms with Crippen LogP contribution in [0.15, 0.2) is 0 Å². The molecule has 2 atom stereocenters. The van der Waals surface area contributed by atoms with E-state index in [1.54, 1.807) is 4.90 Å². The number of rotatable bonds is 4. The second-order valence-corrected chi connectivity index (χ2v) is 4.76. The first kappa shape index (κ1) is 12.5. The summed E-state index contributed by atoms with van der Waals surface area (Å²) in [6, 6.07) is 0.558. The van der Waals surface area contributed by atoms with Crippen molar-refractivity contribution in [2.75, 3.05) is 20.1 Å². The molecule has 0 aromatic heterocycles. The average Bonchev–Trinajstić information content (AvgIpc) is 2.25. The Labute approximate surface area is 93.2 Å². The van der Waals surface area contributed by atoms with Crippen LogP contribution in [0.2, 0.25) is 0 Å². The van der Waals surface area contributed by atoms with E-state index in [0.29, 0.717) is 12.6 Å². The van der Waals surface area contributed by atoms with Gasteiger partial charge in [-0.05, 0) is 25.7 Å². The molecule has 0 heterocycles. The lowest BCUT2D eigenvalue weighted by atomic mass is 9.87. The highest BCUT2D eigenvalue weighted by Gasteiger charge is 2.19. The minimum absolute atomic E-state index is 0.204. The molecule has 0 radical (unpaired) electrons. The van der Waals surface area contributed by atoms with Gasteiger partial charge in [0.25, 0.3) is 0 Å². The third kappa shape index (κ3) is 4.20. The summed E-state index contributed by atoms with van der Waals surface area (Å²) in [7, 11) is 1.85. The Morgan fingerprint density at radius 2 is 2.20 bits per heavy atom. The van der Waals surface area contributed by atoms with Crippen LogP contribution >= 0.6 is 0 Å². The maximum absolute atomic E-state index is 11.6. The highest BCUT2D eigenvalue weighted by atomic mass is 16.2. The molecule has 2 unspecified atom stereocenters. The number of amides is 1. The zero-order valence-corrected chi connectivity index (χ0v) is 10.3. The van der Waals surface area contributed by atoms with Crippen LogP contribution in [0.4, 0.5) is 0 Å². The van der Waals surface area contributed by atoms with Crippen LogP contribution in [0.25, 0.3) is 0 Å². The Morgan fingerprint density at radius 3 is 2.80 bits per heavy atom. The fourth-order valence-electron chi connectivity index (χ4n) is 2.16. The molecule has 0 spiro atoms. The molecule has 1 amide bonds. The molecule has 1 aliphatic rings. The second kappa shape index (κ2) is 6.11. The minimum Gasteiger partial charge on any atom is -0.345 e. The molecule has 1 saturated carbocycles. The molecule has 0 aliphatic heterocycles. The van der Waals surface area contributed by atoms with Gasteiger partial charge in [-0.25, -0.2) is 0 Å². The lowest BCUT2D eigenvalue weighted by molar-refractivity contribution is -0.128. The fraction of sp³-hybridized carbons (Fsp3) is 0.917. The van der Waals surface area contributed by atoms with Crippen LogP contribution in [0.5, 0.6) is 0 Å². The number of likely N-dealkylation sites (N-methyl/N-ethyl adjacent to an activating group) is 1. The summed E-state index contributed by atoms with van der Waals surface area (Å²) in [4.78, 5) is 13.3. The van der Waals surface area contributed by atoms with Gasteiger partial charge >= 0.3 is 0 Å². The number of hydrogen-bond donors (Lipinski definition) is 1. The first-order valence-electron chi connectivity index (χ1n) is 6.10. The van der Waals surface area contributed by atoms with E-state index in [1.165, 1.54) is 25.7 Å². The van der Waals surface area contributed by atoms with Gasteiger partial charge in [0.05, 0.1) is 6.54 Å². The summed E-state index contributed by atoms with van der Waals surface area (Å²) in [6.07, 6.45) is 5.11. The van der Waals surface area contributed by atoms with Crippen LogP contribution in [0.3, 0.4) is 0 Å². The van der Waals surface area contributed by atoms with Crippen molar-refractivity contribution in [3.63, 3.8) is 0 Å². The number of nitrogens with one attached hydrogen (secondary N) is 1. The number of carbonyl (C=O) groups is 1. The van der Waals surface area contributed by atoms with E-state index in [1.807, 2.05) is 14.0 Å². The molecule has 3 heteroatoms. The van der Waals surface area contributed by atoms with E-state index in [0.717, 1.165) is 12.5 Å². The third-order valence-corrected chi connectivity index (χ3v) is 3.38. The number of nitrogens with zero attached hydrogens (tertiary/aromatic N) is 1. The molecule has 3 nitrogen and oxygen atoms in total. The van der Waals surface area contributed by atoms with Crippen molar-refractivity contribution >= 4 is 5.91 Å². The van der Waals surface area contributed by atoms with Crippen LogP contribution in [-0.4, -0.2) is 37.0 Å². The SMILES string of the molecule is CCN(C)C(=O)CNC1CCCC(C)C1. The molecular formula is C12H24N2O. The Bertz CT molecular complexity index is 206. The topological polar surface area (TPSA) is 32.3 Å². The van der Waals surface area contributed by atoms with Crippen molar-refractivity contribution in [3.8, 4) is 0 Å². The van der Waals surface area contributed by atoms with Gasteiger partial charge in [-0.3, -0.25) is 4.79 Å². The Hall–Kier alpha value is -0.570. The van der Waals surface area contributed by atoms with E-state index in [2.05, 4.69) is 12.2 Å². The zero-order chi connectivity index (χ0) is 11.3.